The average Bonchev–Trinajstić information content (AvgIpc) is 3.82. The van der Waals surface area contributed by atoms with E-state index in [1.165, 1.54) is 28.0 Å². The number of likely N-dealkylation sites (tertiary alicyclic amines) is 1. The van der Waals surface area contributed by atoms with Gasteiger partial charge in [-0.3, -0.25) is 33.9 Å². The van der Waals surface area contributed by atoms with Gasteiger partial charge in [0, 0.05) is 31.9 Å². The maximum absolute atomic E-state index is 14.8. The number of aromatic nitrogens is 5. The number of rotatable bonds is 16. The minimum atomic E-state index is -1.37. The van der Waals surface area contributed by atoms with Crippen molar-refractivity contribution in [2.45, 2.75) is 108 Å². The Morgan fingerprint density at radius 3 is 2.46 bits per heavy atom. The van der Waals surface area contributed by atoms with Crippen LogP contribution in [0.15, 0.2) is 36.8 Å². The van der Waals surface area contributed by atoms with Gasteiger partial charge in [0.05, 0.1) is 35.1 Å². The van der Waals surface area contributed by atoms with Crippen molar-refractivity contribution in [2.24, 2.45) is 11.7 Å². The molecule has 4 heterocycles. The monoisotopic (exact) mass is 748 g/mol. The number of fused-ring (bicyclic) bond motifs is 1. The van der Waals surface area contributed by atoms with E-state index in [-0.39, 0.29) is 43.8 Å². The second-order valence-electron chi connectivity index (χ2n) is 14.5. The highest BCUT2D eigenvalue weighted by molar-refractivity contribution is 6.37. The number of nitrogens with one attached hydrogen (secondary N) is 3. The van der Waals surface area contributed by atoms with Crippen LogP contribution in [0.25, 0.3) is 11.0 Å². The number of nitrogens with zero attached hydrogens (tertiary/aromatic N) is 6. The van der Waals surface area contributed by atoms with Crippen LogP contribution in [-0.2, 0) is 24.8 Å². The second-order valence-corrected chi connectivity index (χ2v) is 14.5. The van der Waals surface area contributed by atoms with E-state index in [2.05, 4.69) is 36.2 Å². The van der Waals surface area contributed by atoms with Crippen molar-refractivity contribution in [3.05, 3.63) is 48.0 Å². The van der Waals surface area contributed by atoms with E-state index in [9.17, 15) is 33.9 Å². The Hall–Kier alpha value is -5.52. The molecule has 18 nitrogen and oxygen atoms in total. The lowest BCUT2D eigenvalue weighted by atomic mass is 9.84. The van der Waals surface area contributed by atoms with Crippen molar-refractivity contribution in [2.75, 3.05) is 13.1 Å². The number of carbonyl (C=O) groups is 6. The van der Waals surface area contributed by atoms with E-state index in [1.807, 2.05) is 0 Å². The lowest BCUT2D eigenvalue weighted by Gasteiger charge is -2.32. The molecule has 1 aliphatic carbocycles. The number of carboxylic acid groups (broad SMARTS) is 1. The number of amides is 5. The van der Waals surface area contributed by atoms with E-state index >= 15 is 0 Å². The molecule has 2 aliphatic rings. The lowest BCUT2D eigenvalue weighted by molar-refractivity contribution is -0.142. The molecule has 5 amide bonds. The highest BCUT2D eigenvalue weighted by Gasteiger charge is 2.45. The number of nitrogens with two attached hydrogens (primary N) is 1. The molecule has 54 heavy (non-hydrogen) atoms. The molecule has 0 spiro atoms. The fraction of sp³-hybridized carbons (Fsp3) is 0.556. The van der Waals surface area contributed by atoms with Gasteiger partial charge in [0.2, 0.25) is 17.6 Å². The van der Waals surface area contributed by atoms with Gasteiger partial charge in [-0.1, -0.05) is 37.3 Å². The number of carbonyl (C=O) groups excluding carboxylic acids is 5. The first-order valence-electron chi connectivity index (χ1n) is 18.3. The summed E-state index contributed by atoms with van der Waals surface area (Å²) < 4.78 is 1.47. The SMILES string of the molecule is CC(C)(O)c1cnnn1[C@H]1C[C@@H](C(=O)NC(CCCCNC(=O)O)C(=O)C(N)=O)N(C(=O)[C@@H](CC2CCCCC2)NC(=O)c2ccnc3cccnc23)C1. The summed E-state index contributed by atoms with van der Waals surface area (Å²) in [5, 5.41) is 35.7. The summed E-state index contributed by atoms with van der Waals surface area (Å²) in [5.41, 5.74) is 5.42. The van der Waals surface area contributed by atoms with Crippen LogP contribution in [0.1, 0.15) is 100 Å². The van der Waals surface area contributed by atoms with Crippen LogP contribution in [0.2, 0.25) is 0 Å². The van der Waals surface area contributed by atoms with Crippen molar-refractivity contribution in [3.63, 3.8) is 0 Å². The number of pyridine rings is 2. The minimum Gasteiger partial charge on any atom is -0.465 e. The molecule has 0 aromatic carbocycles. The maximum atomic E-state index is 14.8. The summed E-state index contributed by atoms with van der Waals surface area (Å²) in [6.45, 7) is 3.16. The summed E-state index contributed by atoms with van der Waals surface area (Å²) in [5.74, 6) is -3.94. The standard InChI is InChI=1S/C36H48N10O8/c1-36(2,54)28-19-41-44-46(28)22-18-27(33(50)42-25(30(47)31(37)48)11-6-7-14-40-35(52)53)45(20-22)34(51)26(17-21-9-4-3-5-10-21)43-32(49)23-13-16-38-24-12-8-15-39-29(23)24/h8,12-13,15-16,19,21-22,25-27,40,54H,3-7,9-11,14,17-18,20H2,1-2H3,(H2,37,48)(H,42,50)(H,43,49)(H,52,53)/t22-,25?,26+,27-/m0/s1. The molecule has 3 aromatic heterocycles. The zero-order valence-corrected chi connectivity index (χ0v) is 30.4. The van der Waals surface area contributed by atoms with Gasteiger partial charge in [0.25, 0.3) is 11.8 Å². The normalized spacial score (nSPS) is 18.8. The van der Waals surface area contributed by atoms with Gasteiger partial charge >= 0.3 is 6.09 Å². The van der Waals surface area contributed by atoms with Gasteiger partial charge in [0.1, 0.15) is 23.2 Å². The quantitative estimate of drug-likeness (QED) is 0.0896. The topological polar surface area (TPSA) is 265 Å². The van der Waals surface area contributed by atoms with Crippen LogP contribution < -0.4 is 21.7 Å². The molecule has 1 unspecified atom stereocenters. The van der Waals surface area contributed by atoms with Crippen LogP contribution in [0.4, 0.5) is 4.79 Å². The molecule has 1 aliphatic heterocycles. The van der Waals surface area contributed by atoms with E-state index in [0.717, 1.165) is 32.1 Å². The van der Waals surface area contributed by atoms with E-state index < -0.39 is 65.3 Å². The maximum Gasteiger partial charge on any atom is 0.404 e. The van der Waals surface area contributed by atoms with E-state index in [0.29, 0.717) is 29.6 Å². The Balaban J connectivity index is 1.45. The number of unbranched alkanes of at least 4 members (excludes halogenated alkanes) is 1. The molecular weight excluding hydrogens is 700 g/mol. The van der Waals surface area contributed by atoms with Crippen molar-refractivity contribution < 1.29 is 39.0 Å². The fourth-order valence-corrected chi connectivity index (χ4v) is 7.39. The largest absolute Gasteiger partial charge is 0.465 e. The third-order valence-electron chi connectivity index (χ3n) is 10.1. The third-order valence-corrected chi connectivity index (χ3v) is 10.1. The van der Waals surface area contributed by atoms with Gasteiger partial charge in [-0.15, -0.1) is 5.10 Å². The molecule has 1 saturated heterocycles. The molecule has 7 N–H and O–H groups in total. The summed E-state index contributed by atoms with van der Waals surface area (Å²) >= 11 is 0. The zero-order chi connectivity index (χ0) is 39.0. The van der Waals surface area contributed by atoms with E-state index in [4.69, 9.17) is 10.8 Å². The summed E-state index contributed by atoms with van der Waals surface area (Å²) in [6.07, 6.45) is 8.94. The minimum absolute atomic E-state index is 0.00698. The highest BCUT2D eigenvalue weighted by Crippen LogP contribution is 2.33. The number of hydrogen-bond acceptors (Lipinski definition) is 11. The molecule has 0 radical (unpaired) electrons. The number of aliphatic hydroxyl groups is 1. The molecule has 18 heteroatoms. The number of Topliss-reactive ketones (excluding diaryl/α,β-unsaturated/α-hetero) is 1. The zero-order valence-electron chi connectivity index (χ0n) is 30.4. The predicted molar refractivity (Wildman–Crippen MR) is 192 cm³/mol. The van der Waals surface area contributed by atoms with Crippen LogP contribution in [0.5, 0.6) is 0 Å². The summed E-state index contributed by atoms with van der Waals surface area (Å²) in [7, 11) is 0. The fourth-order valence-electron chi connectivity index (χ4n) is 7.39. The smallest absolute Gasteiger partial charge is 0.404 e. The van der Waals surface area contributed by atoms with Gasteiger partial charge < -0.3 is 36.8 Å². The van der Waals surface area contributed by atoms with Crippen molar-refractivity contribution in [1.82, 2.24) is 45.8 Å². The van der Waals surface area contributed by atoms with Crippen LogP contribution in [0.3, 0.4) is 0 Å². The van der Waals surface area contributed by atoms with Gasteiger partial charge in [-0.05, 0) is 63.6 Å². The molecule has 0 bridgehead atoms. The first-order chi connectivity index (χ1) is 25.7. The van der Waals surface area contributed by atoms with Gasteiger partial charge in [0.15, 0.2) is 0 Å². The Labute approximate surface area is 311 Å². The molecule has 4 atom stereocenters. The summed E-state index contributed by atoms with van der Waals surface area (Å²) in [4.78, 5) is 88.6. The van der Waals surface area contributed by atoms with E-state index in [1.54, 1.807) is 32.2 Å². The molecule has 2 fully saturated rings. The van der Waals surface area contributed by atoms with Crippen LogP contribution >= 0.6 is 0 Å². The lowest BCUT2D eigenvalue weighted by Crippen LogP contribution is -2.56. The Bertz CT molecular complexity index is 1850. The van der Waals surface area contributed by atoms with Crippen LogP contribution in [0, 0.1) is 5.92 Å². The van der Waals surface area contributed by atoms with Gasteiger partial charge in [-0.25, -0.2) is 9.48 Å². The number of ketones is 1. The molecule has 1 saturated carbocycles. The van der Waals surface area contributed by atoms with Crippen molar-refractivity contribution >= 4 is 46.5 Å². The van der Waals surface area contributed by atoms with Crippen molar-refractivity contribution in [3.8, 4) is 0 Å². The molecular formula is C36H48N10O8. The first-order valence-corrected chi connectivity index (χ1v) is 18.3. The first kappa shape index (κ1) is 39.7. The molecule has 3 aromatic rings. The van der Waals surface area contributed by atoms with Gasteiger partial charge in [-0.2, -0.15) is 0 Å². The number of primary amides is 1. The second kappa shape index (κ2) is 17.5. The number of hydrogen-bond donors (Lipinski definition) is 6. The molecule has 290 valence electrons. The Morgan fingerprint density at radius 2 is 1.76 bits per heavy atom. The van der Waals surface area contributed by atoms with Crippen LogP contribution in [-0.4, -0.2) is 107 Å². The van der Waals surface area contributed by atoms with Crippen molar-refractivity contribution in [1.29, 1.82) is 0 Å². The highest BCUT2D eigenvalue weighted by atomic mass is 16.4. The predicted octanol–water partition coefficient (Wildman–Crippen LogP) is 1.34. The Kier molecular flexibility index (Phi) is 12.9. The summed E-state index contributed by atoms with van der Waals surface area (Å²) in [6, 6.07) is 0.763. The molecule has 5 rings (SSSR count). The average molecular weight is 749 g/mol. The third kappa shape index (κ3) is 9.71. The Morgan fingerprint density at radius 1 is 1.00 bits per heavy atom.